The molecular weight excluding hydrogens is 446 g/mol. The molecule has 2 heterocycles. The van der Waals surface area contributed by atoms with E-state index in [9.17, 15) is 4.79 Å². The van der Waals surface area contributed by atoms with Crippen LogP contribution in [0.2, 0.25) is 5.02 Å². The van der Waals surface area contributed by atoms with Gasteiger partial charge in [0.05, 0.1) is 16.9 Å². The molecule has 0 unspecified atom stereocenters. The van der Waals surface area contributed by atoms with E-state index in [0.717, 1.165) is 53.4 Å². The molecule has 2 aromatic carbocycles. The standard InChI is InChI=1S/C27H28ClN5O/c1-16-10-12-18(13-11-16)26(34)31-19-6-5-7-20(14-19)32-27-29-15-22(28)25(33-27)24-17(2)30-23-9-4-3-8-21(23)24/h3-4,8-13,15,19-20,30H,5-7,14H2,1-2H3,(H,31,34)(H,29,32,33)/t19-,20+/m0/s1. The second kappa shape index (κ2) is 9.47. The number of anilines is 1. The van der Waals surface area contributed by atoms with Gasteiger partial charge < -0.3 is 15.6 Å². The smallest absolute Gasteiger partial charge is 0.251 e. The lowest BCUT2D eigenvalue weighted by atomic mass is 9.91. The number of aryl methyl sites for hydroxylation is 2. The van der Waals surface area contributed by atoms with Gasteiger partial charge in [-0.3, -0.25) is 4.79 Å². The number of benzene rings is 2. The van der Waals surface area contributed by atoms with Crippen molar-refractivity contribution >= 4 is 34.4 Å². The van der Waals surface area contributed by atoms with Crippen molar-refractivity contribution in [2.45, 2.75) is 51.6 Å². The molecule has 174 valence electrons. The lowest BCUT2D eigenvalue weighted by Crippen LogP contribution is -2.42. The van der Waals surface area contributed by atoms with E-state index in [-0.39, 0.29) is 18.0 Å². The zero-order valence-electron chi connectivity index (χ0n) is 19.4. The first-order valence-electron chi connectivity index (χ1n) is 11.7. The predicted molar refractivity (Wildman–Crippen MR) is 137 cm³/mol. The van der Waals surface area contributed by atoms with Crippen LogP contribution < -0.4 is 10.6 Å². The predicted octanol–water partition coefficient (Wildman–Crippen LogP) is 6.05. The number of hydrogen-bond donors (Lipinski definition) is 3. The molecule has 7 heteroatoms. The third kappa shape index (κ3) is 4.64. The molecular formula is C27H28ClN5O. The zero-order valence-corrected chi connectivity index (χ0v) is 20.1. The average molecular weight is 474 g/mol. The Hall–Kier alpha value is -3.38. The molecule has 0 spiro atoms. The number of hydrogen-bond acceptors (Lipinski definition) is 4. The van der Waals surface area contributed by atoms with Gasteiger partial charge in [-0.15, -0.1) is 0 Å². The average Bonchev–Trinajstić information content (AvgIpc) is 3.16. The van der Waals surface area contributed by atoms with Gasteiger partial charge >= 0.3 is 0 Å². The Morgan fingerprint density at radius 3 is 2.65 bits per heavy atom. The van der Waals surface area contributed by atoms with Crippen molar-refractivity contribution < 1.29 is 4.79 Å². The highest BCUT2D eigenvalue weighted by Gasteiger charge is 2.25. The maximum absolute atomic E-state index is 12.7. The Balaban J connectivity index is 1.31. The normalized spacial score (nSPS) is 18.1. The SMILES string of the molecule is Cc1ccc(C(=O)N[C@H]2CCC[C@@H](Nc3ncc(Cl)c(-c4c(C)[nH]c5ccccc45)n3)C2)cc1. The van der Waals surface area contributed by atoms with Crippen LogP contribution in [0.4, 0.5) is 5.95 Å². The van der Waals surface area contributed by atoms with Gasteiger partial charge in [-0.05, 0) is 57.7 Å². The summed E-state index contributed by atoms with van der Waals surface area (Å²) in [6.45, 7) is 4.05. The number of aromatic amines is 1. The fourth-order valence-corrected chi connectivity index (χ4v) is 4.99. The first kappa shape index (κ1) is 22.4. The molecule has 2 aromatic heterocycles. The van der Waals surface area contributed by atoms with Crippen LogP contribution >= 0.6 is 11.6 Å². The molecule has 0 aliphatic heterocycles. The number of carbonyl (C=O) groups is 1. The number of halogens is 1. The molecule has 1 amide bonds. The molecule has 1 fully saturated rings. The van der Waals surface area contributed by atoms with Gasteiger partial charge in [-0.2, -0.15) is 0 Å². The minimum Gasteiger partial charge on any atom is -0.358 e. The number of H-pyrrole nitrogens is 1. The number of aromatic nitrogens is 3. The van der Waals surface area contributed by atoms with Crippen molar-refractivity contribution in [2.75, 3.05) is 5.32 Å². The summed E-state index contributed by atoms with van der Waals surface area (Å²) in [6.07, 6.45) is 5.48. The van der Waals surface area contributed by atoms with E-state index < -0.39 is 0 Å². The number of nitrogens with one attached hydrogen (secondary N) is 3. The summed E-state index contributed by atoms with van der Waals surface area (Å²) in [7, 11) is 0. The van der Waals surface area contributed by atoms with E-state index >= 15 is 0 Å². The Morgan fingerprint density at radius 1 is 1.06 bits per heavy atom. The van der Waals surface area contributed by atoms with Gasteiger partial charge in [0, 0.05) is 39.8 Å². The van der Waals surface area contributed by atoms with Crippen LogP contribution in [-0.2, 0) is 0 Å². The highest BCUT2D eigenvalue weighted by atomic mass is 35.5. The molecule has 1 aliphatic rings. The maximum Gasteiger partial charge on any atom is 0.251 e. The Bertz CT molecular complexity index is 1330. The van der Waals surface area contributed by atoms with Gasteiger partial charge in [-0.25, -0.2) is 9.97 Å². The Kier molecular flexibility index (Phi) is 6.24. The number of rotatable bonds is 5. The number of nitrogens with zero attached hydrogens (tertiary/aromatic N) is 2. The summed E-state index contributed by atoms with van der Waals surface area (Å²) in [6, 6.07) is 16.1. The quantitative estimate of drug-likeness (QED) is 0.329. The second-order valence-corrected chi connectivity index (χ2v) is 9.51. The fourth-order valence-electron chi connectivity index (χ4n) is 4.80. The summed E-state index contributed by atoms with van der Waals surface area (Å²) >= 11 is 6.54. The fraction of sp³-hybridized carbons (Fsp3) is 0.296. The van der Waals surface area contributed by atoms with E-state index in [0.29, 0.717) is 22.2 Å². The number of carbonyl (C=O) groups excluding carboxylic acids is 1. The highest BCUT2D eigenvalue weighted by Crippen LogP contribution is 2.35. The van der Waals surface area contributed by atoms with Gasteiger partial charge in [0.2, 0.25) is 5.95 Å². The van der Waals surface area contributed by atoms with Crippen molar-refractivity contribution in [1.29, 1.82) is 0 Å². The second-order valence-electron chi connectivity index (χ2n) is 9.11. The lowest BCUT2D eigenvalue weighted by Gasteiger charge is -2.30. The van der Waals surface area contributed by atoms with Crippen LogP contribution in [0.1, 0.15) is 47.3 Å². The Labute approximate surface area is 204 Å². The molecule has 0 bridgehead atoms. The minimum atomic E-state index is -0.0227. The first-order chi connectivity index (χ1) is 16.5. The minimum absolute atomic E-state index is 0.0227. The van der Waals surface area contributed by atoms with Crippen LogP contribution in [0.25, 0.3) is 22.2 Å². The summed E-state index contributed by atoms with van der Waals surface area (Å²) in [4.78, 5) is 25.3. The van der Waals surface area contributed by atoms with E-state index in [4.69, 9.17) is 16.6 Å². The monoisotopic (exact) mass is 473 g/mol. The molecule has 4 aromatic rings. The highest BCUT2D eigenvalue weighted by molar-refractivity contribution is 6.33. The molecule has 6 nitrogen and oxygen atoms in total. The van der Waals surface area contributed by atoms with E-state index in [2.05, 4.69) is 26.7 Å². The zero-order chi connectivity index (χ0) is 23.7. The molecule has 34 heavy (non-hydrogen) atoms. The largest absolute Gasteiger partial charge is 0.358 e. The molecule has 1 aliphatic carbocycles. The molecule has 5 rings (SSSR count). The van der Waals surface area contributed by atoms with Crippen LogP contribution in [0, 0.1) is 13.8 Å². The summed E-state index contributed by atoms with van der Waals surface area (Å²) < 4.78 is 0. The van der Waals surface area contributed by atoms with Crippen molar-refractivity contribution in [1.82, 2.24) is 20.3 Å². The lowest BCUT2D eigenvalue weighted by molar-refractivity contribution is 0.0926. The van der Waals surface area contributed by atoms with E-state index in [1.807, 2.05) is 56.3 Å². The summed E-state index contributed by atoms with van der Waals surface area (Å²) in [5, 5.41) is 8.29. The molecule has 3 N–H and O–H groups in total. The maximum atomic E-state index is 12.7. The third-order valence-corrected chi connectivity index (χ3v) is 6.81. The summed E-state index contributed by atoms with van der Waals surface area (Å²) in [5.74, 6) is 0.532. The van der Waals surface area contributed by atoms with Gasteiger partial charge in [0.25, 0.3) is 5.91 Å². The first-order valence-corrected chi connectivity index (χ1v) is 12.1. The van der Waals surface area contributed by atoms with Crippen molar-refractivity contribution in [3.8, 4) is 11.3 Å². The van der Waals surface area contributed by atoms with Crippen LogP contribution in [-0.4, -0.2) is 32.9 Å². The molecule has 0 saturated heterocycles. The molecule has 2 atom stereocenters. The topological polar surface area (TPSA) is 82.7 Å². The molecule has 0 radical (unpaired) electrons. The van der Waals surface area contributed by atoms with E-state index in [1.54, 1.807) is 6.20 Å². The number of para-hydroxylation sites is 1. The number of fused-ring (bicyclic) bond motifs is 1. The summed E-state index contributed by atoms with van der Waals surface area (Å²) in [5.41, 5.74) is 5.62. The van der Waals surface area contributed by atoms with Gasteiger partial charge in [0.1, 0.15) is 0 Å². The Morgan fingerprint density at radius 2 is 1.82 bits per heavy atom. The van der Waals surface area contributed by atoms with Crippen molar-refractivity contribution in [2.24, 2.45) is 0 Å². The van der Waals surface area contributed by atoms with Gasteiger partial charge in [-0.1, -0.05) is 47.5 Å². The number of amides is 1. The van der Waals surface area contributed by atoms with Crippen LogP contribution in [0.15, 0.2) is 54.7 Å². The van der Waals surface area contributed by atoms with Crippen molar-refractivity contribution in [3.05, 3.63) is 76.6 Å². The van der Waals surface area contributed by atoms with Crippen LogP contribution in [0.5, 0.6) is 0 Å². The van der Waals surface area contributed by atoms with Crippen molar-refractivity contribution in [3.63, 3.8) is 0 Å². The third-order valence-electron chi connectivity index (χ3n) is 6.53. The molecule has 1 saturated carbocycles. The van der Waals surface area contributed by atoms with Gasteiger partial charge in [0.15, 0.2) is 0 Å². The van der Waals surface area contributed by atoms with Crippen LogP contribution in [0.3, 0.4) is 0 Å². The van der Waals surface area contributed by atoms with E-state index in [1.165, 1.54) is 0 Å².